The topological polar surface area (TPSA) is 60.3 Å². The van der Waals surface area contributed by atoms with Gasteiger partial charge >= 0.3 is 5.97 Å². The maximum atomic E-state index is 13.1. The van der Waals surface area contributed by atoms with Gasteiger partial charge in [-0.1, -0.05) is 23.8 Å². The lowest BCUT2D eigenvalue weighted by molar-refractivity contribution is 0.0513. The minimum atomic E-state index is -0.429. The molecule has 1 N–H and O–H groups in total. The lowest BCUT2D eigenvalue weighted by Gasteiger charge is -2.13. The smallest absolute Gasteiger partial charge is 0.355 e. The van der Waals surface area contributed by atoms with Gasteiger partial charge < -0.3 is 14.6 Å². The van der Waals surface area contributed by atoms with Crippen molar-refractivity contribution in [3.8, 4) is 0 Å². The number of nitrogens with one attached hydrogen (secondary N) is 1. The number of carbonyl (C=O) groups is 2. The van der Waals surface area contributed by atoms with Crippen molar-refractivity contribution < 1.29 is 14.3 Å². The second-order valence-electron chi connectivity index (χ2n) is 6.78. The third-order valence-electron chi connectivity index (χ3n) is 4.69. The predicted octanol–water partition coefficient (Wildman–Crippen LogP) is 4.65. The first-order valence-corrected chi connectivity index (χ1v) is 9.09. The summed E-state index contributed by atoms with van der Waals surface area (Å²) in [5.41, 5.74) is 6.20. The molecule has 144 valence electrons. The molecule has 0 spiro atoms. The van der Waals surface area contributed by atoms with E-state index in [1.807, 2.05) is 39.8 Å². The first-order valence-electron chi connectivity index (χ1n) is 9.09. The highest BCUT2D eigenvalue weighted by Crippen LogP contribution is 2.27. The minimum Gasteiger partial charge on any atom is -0.461 e. The molecule has 5 heteroatoms. The average molecular weight is 368 g/mol. The molecule has 1 heterocycles. The molecule has 0 saturated heterocycles. The van der Waals surface area contributed by atoms with Gasteiger partial charge in [-0.2, -0.15) is 0 Å². The number of aryl methyl sites for hydroxylation is 3. The second kappa shape index (κ2) is 8.25. The van der Waals surface area contributed by atoms with Gasteiger partial charge in [0.15, 0.2) is 0 Å². The zero-order valence-electron chi connectivity index (χ0n) is 17.0. The third kappa shape index (κ3) is 3.97. The number of amides is 1. The van der Waals surface area contributed by atoms with E-state index in [-0.39, 0.29) is 12.5 Å². The quantitative estimate of drug-likeness (QED) is 0.597. The van der Waals surface area contributed by atoms with Gasteiger partial charge in [0.1, 0.15) is 5.69 Å². The van der Waals surface area contributed by atoms with E-state index in [1.54, 1.807) is 24.5 Å². The molecule has 1 aromatic heterocycles. The summed E-state index contributed by atoms with van der Waals surface area (Å²) < 4.78 is 6.97. The number of carbonyl (C=O) groups excluding carboxylic acids is 2. The van der Waals surface area contributed by atoms with Crippen LogP contribution in [0.1, 0.15) is 55.7 Å². The molecule has 0 bridgehead atoms. The Morgan fingerprint density at radius 2 is 1.74 bits per heavy atom. The van der Waals surface area contributed by atoms with Crippen LogP contribution < -0.4 is 5.32 Å². The van der Waals surface area contributed by atoms with Crippen molar-refractivity contribution >= 4 is 17.6 Å². The van der Waals surface area contributed by atoms with E-state index in [0.29, 0.717) is 23.4 Å². The van der Waals surface area contributed by atoms with Crippen LogP contribution in [0.3, 0.4) is 0 Å². The molecule has 0 radical (unpaired) electrons. The van der Waals surface area contributed by atoms with Crippen LogP contribution in [0.4, 0.5) is 5.69 Å². The van der Waals surface area contributed by atoms with E-state index in [2.05, 4.69) is 11.9 Å². The Hall–Kier alpha value is -2.82. The molecule has 1 aromatic carbocycles. The highest BCUT2D eigenvalue weighted by atomic mass is 16.5. The number of esters is 1. The van der Waals surface area contributed by atoms with Gasteiger partial charge in [-0.3, -0.25) is 4.79 Å². The molecule has 0 fully saturated rings. The maximum Gasteiger partial charge on any atom is 0.355 e. The summed E-state index contributed by atoms with van der Waals surface area (Å²) in [5, 5.41) is 3.03. The van der Waals surface area contributed by atoms with Crippen LogP contribution in [0.25, 0.3) is 0 Å². The number of allylic oxidation sites excluding steroid dienone is 1. The van der Waals surface area contributed by atoms with Crippen molar-refractivity contribution in [2.75, 3.05) is 11.9 Å². The highest BCUT2D eigenvalue weighted by Gasteiger charge is 2.27. The van der Waals surface area contributed by atoms with Gasteiger partial charge in [0, 0.05) is 17.9 Å². The Balaban J connectivity index is 2.52. The Labute approximate surface area is 161 Å². The molecule has 0 saturated carbocycles. The molecular weight excluding hydrogens is 340 g/mol. The maximum absolute atomic E-state index is 13.1. The van der Waals surface area contributed by atoms with Gasteiger partial charge in [-0.05, 0) is 58.2 Å². The van der Waals surface area contributed by atoms with Gasteiger partial charge in [0.05, 0.1) is 12.2 Å². The Morgan fingerprint density at radius 3 is 2.26 bits per heavy atom. The summed E-state index contributed by atoms with van der Waals surface area (Å²) >= 11 is 0. The van der Waals surface area contributed by atoms with Crippen LogP contribution >= 0.6 is 0 Å². The number of hydrogen-bond donors (Lipinski definition) is 1. The summed E-state index contributed by atoms with van der Waals surface area (Å²) in [6.45, 7) is 15.8. The van der Waals surface area contributed by atoms with Crippen LogP contribution in [-0.4, -0.2) is 23.1 Å². The summed E-state index contributed by atoms with van der Waals surface area (Å²) in [5.74, 6) is -0.657. The van der Waals surface area contributed by atoms with E-state index in [4.69, 9.17) is 4.74 Å². The van der Waals surface area contributed by atoms with E-state index in [0.717, 1.165) is 28.1 Å². The molecule has 27 heavy (non-hydrogen) atoms. The standard InChI is InChI=1S/C22H28N2O3/c1-8-10-24-17(7)18(16(6)20(24)22(26)27-9-2)21(25)23-19-14(4)11-13(3)12-15(19)5/h8,11-12H,1,9-10H2,2-7H3,(H,23,25). The lowest BCUT2D eigenvalue weighted by atomic mass is 10.0. The van der Waals surface area contributed by atoms with Gasteiger partial charge in [0.2, 0.25) is 0 Å². The molecule has 0 aliphatic rings. The first-order chi connectivity index (χ1) is 12.7. The van der Waals surface area contributed by atoms with E-state index >= 15 is 0 Å². The van der Waals surface area contributed by atoms with Crippen molar-refractivity contribution in [1.29, 1.82) is 0 Å². The zero-order valence-corrected chi connectivity index (χ0v) is 17.0. The number of aromatic nitrogens is 1. The fourth-order valence-electron chi connectivity index (χ4n) is 3.60. The summed E-state index contributed by atoms with van der Waals surface area (Å²) in [6, 6.07) is 4.07. The fraction of sp³-hybridized carbons (Fsp3) is 0.364. The van der Waals surface area contributed by atoms with E-state index in [9.17, 15) is 9.59 Å². The van der Waals surface area contributed by atoms with Crippen LogP contribution in [0.15, 0.2) is 24.8 Å². The zero-order chi connectivity index (χ0) is 20.3. The molecule has 1 amide bonds. The average Bonchev–Trinajstić information content (AvgIpc) is 2.82. The van der Waals surface area contributed by atoms with Crippen molar-refractivity contribution in [1.82, 2.24) is 4.57 Å². The molecule has 2 aromatic rings. The van der Waals surface area contributed by atoms with Crippen molar-refractivity contribution in [2.24, 2.45) is 0 Å². The van der Waals surface area contributed by atoms with Gasteiger partial charge in [-0.15, -0.1) is 6.58 Å². The van der Waals surface area contributed by atoms with Crippen molar-refractivity contribution in [3.05, 3.63) is 64.0 Å². The Kier molecular flexibility index (Phi) is 6.26. The van der Waals surface area contributed by atoms with Crippen LogP contribution in [0.2, 0.25) is 0 Å². The lowest BCUT2D eigenvalue weighted by Crippen LogP contribution is -2.16. The summed E-state index contributed by atoms with van der Waals surface area (Å²) in [6.07, 6.45) is 1.70. The molecule has 0 aliphatic heterocycles. The van der Waals surface area contributed by atoms with Crippen molar-refractivity contribution in [2.45, 2.75) is 48.1 Å². The molecule has 0 unspecified atom stereocenters. The molecule has 0 atom stereocenters. The van der Waals surface area contributed by atoms with Crippen LogP contribution in [0.5, 0.6) is 0 Å². The largest absolute Gasteiger partial charge is 0.461 e. The Bertz CT molecular complexity index is 884. The number of rotatable bonds is 6. The second-order valence-corrected chi connectivity index (χ2v) is 6.78. The third-order valence-corrected chi connectivity index (χ3v) is 4.69. The van der Waals surface area contributed by atoms with Crippen LogP contribution in [0, 0.1) is 34.6 Å². The normalized spacial score (nSPS) is 10.6. The molecule has 5 nitrogen and oxygen atoms in total. The fourth-order valence-corrected chi connectivity index (χ4v) is 3.60. The number of hydrogen-bond acceptors (Lipinski definition) is 3. The summed E-state index contributed by atoms with van der Waals surface area (Å²) in [7, 11) is 0. The number of benzene rings is 1. The van der Waals surface area contributed by atoms with E-state index in [1.165, 1.54) is 0 Å². The van der Waals surface area contributed by atoms with Crippen LogP contribution in [-0.2, 0) is 11.3 Å². The highest BCUT2D eigenvalue weighted by molar-refractivity contribution is 6.09. The monoisotopic (exact) mass is 368 g/mol. The molecule has 0 aliphatic carbocycles. The SMILES string of the molecule is C=CCn1c(C)c(C(=O)Nc2c(C)cc(C)cc2C)c(C)c1C(=O)OCC. The number of ether oxygens (including phenoxy) is 1. The summed E-state index contributed by atoms with van der Waals surface area (Å²) in [4.78, 5) is 25.5. The minimum absolute atomic E-state index is 0.228. The van der Waals surface area contributed by atoms with Crippen molar-refractivity contribution in [3.63, 3.8) is 0 Å². The predicted molar refractivity (Wildman–Crippen MR) is 109 cm³/mol. The number of nitrogens with zero attached hydrogens (tertiary/aromatic N) is 1. The van der Waals surface area contributed by atoms with Gasteiger partial charge in [0.25, 0.3) is 5.91 Å². The molecular formula is C22H28N2O3. The van der Waals surface area contributed by atoms with Gasteiger partial charge in [-0.25, -0.2) is 4.79 Å². The van der Waals surface area contributed by atoms with E-state index < -0.39 is 5.97 Å². The number of anilines is 1. The Morgan fingerprint density at radius 1 is 1.15 bits per heavy atom. The molecule has 2 rings (SSSR count). The first kappa shape index (κ1) is 20.5.